The Kier molecular flexibility index (Phi) is 7.49. The lowest BCUT2D eigenvalue weighted by Gasteiger charge is -2.24. The maximum atomic E-state index is 12.7. The Bertz CT molecular complexity index is 1190. The van der Waals surface area contributed by atoms with Crippen LogP contribution in [0.3, 0.4) is 0 Å². The van der Waals surface area contributed by atoms with E-state index in [1.807, 2.05) is 38.1 Å². The molecule has 0 aliphatic rings. The second-order valence-electron chi connectivity index (χ2n) is 7.62. The normalized spacial score (nSPS) is 12.3. The maximum Gasteiger partial charge on any atom is 0.251 e. The van der Waals surface area contributed by atoms with E-state index in [0.29, 0.717) is 26.9 Å². The summed E-state index contributed by atoms with van der Waals surface area (Å²) in [5, 5.41) is 3.72. The lowest BCUT2D eigenvalue weighted by atomic mass is 10.1. The van der Waals surface area contributed by atoms with Crippen LogP contribution in [0.1, 0.15) is 40.0 Å². The van der Waals surface area contributed by atoms with Crippen LogP contribution in [0.5, 0.6) is 0 Å². The van der Waals surface area contributed by atoms with Gasteiger partial charge in [-0.15, -0.1) is 0 Å². The summed E-state index contributed by atoms with van der Waals surface area (Å²) in [5.41, 5.74) is 3.50. The van der Waals surface area contributed by atoms with Gasteiger partial charge in [-0.3, -0.25) is 9.10 Å². The fraction of sp³-hybridized carbons (Fsp3) is 0.208. The molecule has 0 aliphatic carbocycles. The number of rotatable bonds is 7. The van der Waals surface area contributed by atoms with Gasteiger partial charge in [0, 0.05) is 21.2 Å². The number of halogens is 2. The average Bonchev–Trinajstić information content (AvgIpc) is 2.73. The Hall–Kier alpha value is -2.54. The highest BCUT2D eigenvalue weighted by atomic mass is 35.5. The quantitative estimate of drug-likeness (QED) is 0.457. The summed E-state index contributed by atoms with van der Waals surface area (Å²) in [6, 6.07) is 19.2. The number of carbonyl (C=O) groups excluding carboxylic acids is 1. The molecule has 1 unspecified atom stereocenters. The van der Waals surface area contributed by atoms with Gasteiger partial charge in [0.1, 0.15) is 0 Å². The van der Waals surface area contributed by atoms with Crippen molar-refractivity contribution in [1.82, 2.24) is 5.32 Å². The fourth-order valence-electron chi connectivity index (χ4n) is 3.22. The molecule has 5 nitrogen and oxygen atoms in total. The van der Waals surface area contributed by atoms with Gasteiger partial charge in [-0.05, 0) is 55.8 Å². The molecule has 0 heterocycles. The monoisotopic (exact) mass is 490 g/mol. The number of hydrogen-bond donors (Lipinski definition) is 1. The second-order valence-corrected chi connectivity index (χ2v) is 10.3. The lowest BCUT2D eigenvalue weighted by molar-refractivity contribution is 0.0940. The molecule has 168 valence electrons. The predicted molar refractivity (Wildman–Crippen MR) is 131 cm³/mol. The van der Waals surface area contributed by atoms with Crippen LogP contribution in [-0.4, -0.2) is 20.6 Å². The van der Waals surface area contributed by atoms with E-state index in [0.717, 1.165) is 17.4 Å². The van der Waals surface area contributed by atoms with Crippen molar-refractivity contribution in [1.29, 1.82) is 0 Å². The van der Waals surface area contributed by atoms with E-state index in [1.54, 1.807) is 42.5 Å². The molecule has 3 rings (SSSR count). The van der Waals surface area contributed by atoms with Crippen LogP contribution in [-0.2, 0) is 16.6 Å². The molecule has 1 N–H and O–H groups in total. The van der Waals surface area contributed by atoms with Crippen molar-refractivity contribution >= 4 is 44.8 Å². The number of anilines is 1. The van der Waals surface area contributed by atoms with Crippen molar-refractivity contribution in [2.75, 3.05) is 10.6 Å². The number of amides is 1. The average molecular weight is 491 g/mol. The Morgan fingerprint density at radius 2 is 1.53 bits per heavy atom. The van der Waals surface area contributed by atoms with Crippen LogP contribution in [0.25, 0.3) is 0 Å². The summed E-state index contributed by atoms with van der Waals surface area (Å²) in [4.78, 5) is 12.7. The van der Waals surface area contributed by atoms with Crippen molar-refractivity contribution in [3.05, 3.63) is 99.0 Å². The van der Waals surface area contributed by atoms with Gasteiger partial charge in [0.25, 0.3) is 5.91 Å². The summed E-state index contributed by atoms with van der Waals surface area (Å²) >= 11 is 12.5. The molecule has 0 radical (unpaired) electrons. The highest BCUT2D eigenvalue weighted by Gasteiger charge is 2.21. The summed E-state index contributed by atoms with van der Waals surface area (Å²) in [6.07, 6.45) is 1.11. The zero-order valence-electron chi connectivity index (χ0n) is 18.0. The standard InChI is InChI=1S/C24H24Cl2N2O3S/c1-16-7-9-18(10-8-16)17(2)27-24(29)19-11-13-20(14-12-19)28(32(3,30)31)15-21-22(25)5-4-6-23(21)26/h4-14,17H,15H2,1-3H3,(H,27,29). The molecule has 1 amide bonds. The Morgan fingerprint density at radius 1 is 0.969 bits per heavy atom. The zero-order valence-corrected chi connectivity index (χ0v) is 20.3. The van der Waals surface area contributed by atoms with Crippen LogP contribution in [0.2, 0.25) is 10.0 Å². The van der Waals surface area contributed by atoms with Gasteiger partial charge in [0.2, 0.25) is 10.0 Å². The smallest absolute Gasteiger partial charge is 0.251 e. The summed E-state index contributed by atoms with van der Waals surface area (Å²) in [5.74, 6) is -0.246. The molecule has 0 fully saturated rings. The van der Waals surface area contributed by atoms with Crippen molar-refractivity contribution in [3.63, 3.8) is 0 Å². The van der Waals surface area contributed by atoms with Crippen molar-refractivity contribution < 1.29 is 13.2 Å². The van der Waals surface area contributed by atoms with Crippen LogP contribution in [0.15, 0.2) is 66.7 Å². The van der Waals surface area contributed by atoms with Gasteiger partial charge in [0.15, 0.2) is 0 Å². The zero-order chi connectivity index (χ0) is 23.5. The van der Waals surface area contributed by atoms with E-state index < -0.39 is 10.0 Å². The number of aryl methyl sites for hydroxylation is 1. The van der Waals surface area contributed by atoms with E-state index in [2.05, 4.69) is 5.32 Å². The van der Waals surface area contributed by atoms with Gasteiger partial charge in [0.05, 0.1) is 24.5 Å². The van der Waals surface area contributed by atoms with Gasteiger partial charge in [-0.25, -0.2) is 8.42 Å². The Balaban J connectivity index is 1.80. The maximum absolute atomic E-state index is 12.7. The van der Waals surface area contributed by atoms with E-state index in [-0.39, 0.29) is 18.5 Å². The molecule has 0 aliphatic heterocycles. The lowest BCUT2D eigenvalue weighted by Crippen LogP contribution is -2.30. The van der Waals surface area contributed by atoms with Gasteiger partial charge in [-0.1, -0.05) is 59.1 Å². The first-order valence-corrected chi connectivity index (χ1v) is 12.5. The van der Waals surface area contributed by atoms with E-state index >= 15 is 0 Å². The second kappa shape index (κ2) is 9.94. The topological polar surface area (TPSA) is 66.5 Å². The van der Waals surface area contributed by atoms with Gasteiger partial charge < -0.3 is 5.32 Å². The number of carbonyl (C=O) groups is 1. The minimum Gasteiger partial charge on any atom is -0.346 e. The largest absolute Gasteiger partial charge is 0.346 e. The third-order valence-corrected chi connectivity index (χ3v) is 6.95. The molecule has 0 aromatic heterocycles. The number of nitrogens with one attached hydrogen (secondary N) is 1. The molecule has 0 saturated heterocycles. The molecule has 8 heteroatoms. The molecule has 0 spiro atoms. The first kappa shape index (κ1) is 24.1. The third kappa shape index (κ3) is 5.82. The first-order chi connectivity index (χ1) is 15.1. The van der Waals surface area contributed by atoms with E-state index in [9.17, 15) is 13.2 Å². The number of sulfonamides is 1. The van der Waals surface area contributed by atoms with Gasteiger partial charge >= 0.3 is 0 Å². The van der Waals surface area contributed by atoms with Crippen LogP contribution in [0, 0.1) is 6.92 Å². The Labute approximate surface area is 199 Å². The van der Waals surface area contributed by atoms with Crippen LogP contribution >= 0.6 is 23.2 Å². The molecule has 3 aromatic rings. The van der Waals surface area contributed by atoms with Crippen LogP contribution in [0.4, 0.5) is 5.69 Å². The molecule has 32 heavy (non-hydrogen) atoms. The minimum absolute atomic E-state index is 0.0205. The fourth-order valence-corrected chi connectivity index (χ4v) is 4.61. The van der Waals surface area contributed by atoms with Gasteiger partial charge in [-0.2, -0.15) is 0 Å². The SMILES string of the molecule is Cc1ccc(C(C)NC(=O)c2ccc(N(Cc3c(Cl)cccc3Cl)S(C)(=O)=O)cc2)cc1. The number of hydrogen-bond acceptors (Lipinski definition) is 3. The molecular weight excluding hydrogens is 467 g/mol. The first-order valence-electron chi connectivity index (χ1n) is 9.94. The number of benzene rings is 3. The van der Waals surface area contributed by atoms with Crippen molar-refractivity contribution in [2.24, 2.45) is 0 Å². The summed E-state index contributed by atoms with van der Waals surface area (Å²) < 4.78 is 26.1. The highest BCUT2D eigenvalue weighted by molar-refractivity contribution is 7.92. The molecule has 1 atom stereocenters. The van der Waals surface area contributed by atoms with Crippen molar-refractivity contribution in [2.45, 2.75) is 26.4 Å². The number of nitrogens with zero attached hydrogens (tertiary/aromatic N) is 1. The highest BCUT2D eigenvalue weighted by Crippen LogP contribution is 2.29. The molecule has 0 bridgehead atoms. The minimum atomic E-state index is -3.63. The van der Waals surface area contributed by atoms with E-state index in [1.165, 1.54) is 4.31 Å². The molecule has 3 aromatic carbocycles. The summed E-state index contributed by atoms with van der Waals surface area (Å²) in [7, 11) is -3.63. The predicted octanol–water partition coefficient (Wildman–Crippen LogP) is 5.76. The molecule has 0 saturated carbocycles. The third-order valence-electron chi connectivity index (χ3n) is 5.11. The molecular formula is C24H24Cl2N2O3S. The van der Waals surface area contributed by atoms with Crippen molar-refractivity contribution in [3.8, 4) is 0 Å². The summed E-state index contributed by atoms with van der Waals surface area (Å²) in [6.45, 7) is 3.90. The van der Waals surface area contributed by atoms with Crippen LogP contribution < -0.4 is 9.62 Å². The Morgan fingerprint density at radius 3 is 2.06 bits per heavy atom. The van der Waals surface area contributed by atoms with E-state index in [4.69, 9.17) is 23.2 Å².